The van der Waals surface area contributed by atoms with Gasteiger partial charge >= 0.3 is 11.9 Å². The Bertz CT molecular complexity index is 601. The fourth-order valence-corrected chi connectivity index (χ4v) is 2.27. The molecule has 1 aromatic rings. The van der Waals surface area contributed by atoms with Gasteiger partial charge in [0.05, 0.1) is 14.2 Å². The van der Waals surface area contributed by atoms with Gasteiger partial charge in [-0.05, 0) is 43.5 Å². The van der Waals surface area contributed by atoms with Crippen molar-refractivity contribution < 1.29 is 23.9 Å². The van der Waals surface area contributed by atoms with Crippen molar-refractivity contribution in [3.05, 3.63) is 29.3 Å². The first-order valence-electron chi connectivity index (χ1n) is 7.66. The monoisotopic (exact) mass is 336 g/mol. The number of carbonyl (C=O) groups excluding carboxylic acids is 3. The summed E-state index contributed by atoms with van der Waals surface area (Å²) in [6.45, 7) is 1.89. The lowest BCUT2D eigenvalue weighted by Crippen LogP contribution is -2.41. The number of amides is 1. The van der Waals surface area contributed by atoms with Crippen molar-refractivity contribution in [2.45, 2.75) is 32.2 Å². The summed E-state index contributed by atoms with van der Waals surface area (Å²) in [5.41, 5.74) is 2.30. The highest BCUT2D eigenvalue weighted by atomic mass is 16.5. The smallest absolute Gasteiger partial charge is 0.328 e. The van der Waals surface area contributed by atoms with E-state index in [0.717, 1.165) is 11.3 Å². The molecule has 0 radical (unpaired) electrons. The molecule has 2 N–H and O–H groups in total. The van der Waals surface area contributed by atoms with Crippen molar-refractivity contribution in [2.75, 3.05) is 26.6 Å². The number of benzene rings is 1. The molecule has 1 atom stereocenters. The fraction of sp³-hybridized carbons (Fsp3) is 0.471. The van der Waals surface area contributed by atoms with Gasteiger partial charge in [-0.15, -0.1) is 0 Å². The SMILES string of the molecule is CNc1ccc(C(=O)N[C@@H](CCCC(=O)OC)C(=O)OC)cc1C. The van der Waals surface area contributed by atoms with Crippen LogP contribution in [0.3, 0.4) is 0 Å². The van der Waals surface area contributed by atoms with Gasteiger partial charge in [0.25, 0.3) is 5.91 Å². The molecule has 0 bridgehead atoms. The molecule has 1 aromatic carbocycles. The number of esters is 2. The van der Waals surface area contributed by atoms with E-state index in [-0.39, 0.29) is 18.3 Å². The molecule has 0 spiro atoms. The molecular weight excluding hydrogens is 312 g/mol. The van der Waals surface area contributed by atoms with Crippen LogP contribution in [0.1, 0.15) is 35.2 Å². The first-order valence-corrected chi connectivity index (χ1v) is 7.66. The second-order valence-corrected chi connectivity index (χ2v) is 5.30. The van der Waals surface area contributed by atoms with Gasteiger partial charge in [0.2, 0.25) is 0 Å². The minimum Gasteiger partial charge on any atom is -0.469 e. The summed E-state index contributed by atoms with van der Waals surface area (Å²) in [6, 6.07) is 4.41. The summed E-state index contributed by atoms with van der Waals surface area (Å²) in [5, 5.41) is 5.68. The van der Waals surface area contributed by atoms with Crippen molar-refractivity contribution in [3.8, 4) is 0 Å². The lowest BCUT2D eigenvalue weighted by molar-refractivity contribution is -0.144. The molecule has 0 saturated heterocycles. The first-order chi connectivity index (χ1) is 11.4. The number of methoxy groups -OCH3 is 2. The maximum Gasteiger partial charge on any atom is 0.328 e. The van der Waals surface area contributed by atoms with Gasteiger partial charge < -0.3 is 20.1 Å². The van der Waals surface area contributed by atoms with E-state index in [0.29, 0.717) is 18.4 Å². The Balaban J connectivity index is 2.74. The van der Waals surface area contributed by atoms with Gasteiger partial charge in [0.1, 0.15) is 6.04 Å². The van der Waals surface area contributed by atoms with Crippen molar-refractivity contribution in [1.82, 2.24) is 5.32 Å². The summed E-state index contributed by atoms with van der Waals surface area (Å²) < 4.78 is 9.27. The average Bonchev–Trinajstić information content (AvgIpc) is 2.59. The first kappa shape index (κ1) is 19.5. The van der Waals surface area contributed by atoms with Crippen molar-refractivity contribution in [2.24, 2.45) is 0 Å². The molecule has 0 aromatic heterocycles. The maximum absolute atomic E-state index is 12.3. The standard InChI is InChI=1S/C17H24N2O5/c1-11-10-12(8-9-13(11)18-2)16(21)19-14(17(22)24-4)6-5-7-15(20)23-3/h8-10,14,18H,5-7H2,1-4H3,(H,19,21)/t14-/m0/s1. The fourth-order valence-electron chi connectivity index (χ4n) is 2.27. The minimum absolute atomic E-state index is 0.176. The van der Waals surface area contributed by atoms with Crippen molar-refractivity contribution in [3.63, 3.8) is 0 Å². The molecule has 0 saturated carbocycles. The highest BCUT2D eigenvalue weighted by Gasteiger charge is 2.22. The van der Waals surface area contributed by atoms with Gasteiger partial charge in [-0.3, -0.25) is 9.59 Å². The molecule has 0 heterocycles. The molecule has 0 fully saturated rings. The third-order valence-corrected chi connectivity index (χ3v) is 3.65. The molecule has 7 heteroatoms. The zero-order chi connectivity index (χ0) is 18.1. The van der Waals surface area contributed by atoms with E-state index in [1.54, 1.807) is 25.2 Å². The predicted molar refractivity (Wildman–Crippen MR) is 89.9 cm³/mol. The number of aryl methyl sites for hydroxylation is 1. The number of hydrogen-bond acceptors (Lipinski definition) is 6. The van der Waals surface area contributed by atoms with Gasteiger partial charge in [0, 0.05) is 24.7 Å². The van der Waals surface area contributed by atoms with Gasteiger partial charge in [-0.1, -0.05) is 0 Å². The van der Waals surface area contributed by atoms with Crippen molar-refractivity contribution >= 4 is 23.5 Å². The van der Waals surface area contributed by atoms with E-state index in [1.165, 1.54) is 14.2 Å². The largest absolute Gasteiger partial charge is 0.469 e. The zero-order valence-corrected chi connectivity index (χ0v) is 14.5. The summed E-state index contributed by atoms with van der Waals surface area (Å²) >= 11 is 0. The number of ether oxygens (including phenoxy) is 2. The molecular formula is C17H24N2O5. The van der Waals surface area contributed by atoms with Crippen LogP contribution in [0.4, 0.5) is 5.69 Å². The Kier molecular flexibility index (Phi) is 7.74. The predicted octanol–water partition coefficient (Wildman–Crippen LogP) is 1.65. The van der Waals surface area contributed by atoms with E-state index in [9.17, 15) is 14.4 Å². The van der Waals surface area contributed by atoms with Crippen LogP contribution in [-0.4, -0.2) is 45.2 Å². The quantitative estimate of drug-likeness (QED) is 0.701. The molecule has 1 rings (SSSR count). The number of hydrogen-bond donors (Lipinski definition) is 2. The van der Waals surface area contributed by atoms with Crippen LogP contribution in [0.15, 0.2) is 18.2 Å². The van der Waals surface area contributed by atoms with Gasteiger partial charge in [-0.25, -0.2) is 4.79 Å². The summed E-state index contributed by atoms with van der Waals surface area (Å²) in [7, 11) is 4.36. The number of anilines is 1. The van der Waals surface area contributed by atoms with E-state index in [4.69, 9.17) is 4.74 Å². The van der Waals surface area contributed by atoms with Crippen LogP contribution in [0.2, 0.25) is 0 Å². The van der Waals surface area contributed by atoms with Crippen LogP contribution in [-0.2, 0) is 19.1 Å². The number of nitrogens with one attached hydrogen (secondary N) is 2. The average molecular weight is 336 g/mol. The summed E-state index contributed by atoms with van der Waals surface area (Å²) in [6.07, 6.45) is 0.876. The van der Waals surface area contributed by atoms with Crippen LogP contribution in [0.25, 0.3) is 0 Å². The zero-order valence-electron chi connectivity index (χ0n) is 14.5. The highest BCUT2D eigenvalue weighted by Crippen LogP contribution is 2.16. The van der Waals surface area contributed by atoms with Crippen molar-refractivity contribution in [1.29, 1.82) is 0 Å². The molecule has 0 aliphatic carbocycles. The Morgan fingerprint density at radius 3 is 2.42 bits per heavy atom. The van der Waals surface area contributed by atoms with Gasteiger partial charge in [0.15, 0.2) is 0 Å². The Labute approximate surface area is 141 Å². The third-order valence-electron chi connectivity index (χ3n) is 3.65. The maximum atomic E-state index is 12.3. The topological polar surface area (TPSA) is 93.7 Å². The van der Waals surface area contributed by atoms with E-state index in [1.807, 2.05) is 6.92 Å². The second-order valence-electron chi connectivity index (χ2n) is 5.30. The van der Waals surface area contributed by atoms with Crippen LogP contribution in [0.5, 0.6) is 0 Å². The summed E-state index contributed by atoms with van der Waals surface area (Å²) in [4.78, 5) is 35.3. The van der Waals surface area contributed by atoms with Gasteiger partial charge in [-0.2, -0.15) is 0 Å². The number of carbonyl (C=O) groups is 3. The van der Waals surface area contributed by atoms with Crippen LogP contribution >= 0.6 is 0 Å². The lowest BCUT2D eigenvalue weighted by Gasteiger charge is -2.17. The molecule has 1 amide bonds. The van der Waals surface area contributed by atoms with E-state index >= 15 is 0 Å². The molecule has 0 aliphatic heterocycles. The molecule has 0 aliphatic rings. The second kappa shape index (κ2) is 9.54. The Morgan fingerprint density at radius 1 is 1.17 bits per heavy atom. The highest BCUT2D eigenvalue weighted by molar-refractivity contribution is 5.97. The summed E-state index contributed by atoms with van der Waals surface area (Å²) in [5.74, 6) is -1.27. The van der Waals surface area contributed by atoms with E-state index in [2.05, 4.69) is 15.4 Å². The Hall–Kier alpha value is -2.57. The Morgan fingerprint density at radius 2 is 1.88 bits per heavy atom. The molecule has 7 nitrogen and oxygen atoms in total. The minimum atomic E-state index is -0.809. The number of rotatable bonds is 8. The molecule has 0 unspecified atom stereocenters. The van der Waals surface area contributed by atoms with Crippen LogP contribution in [0, 0.1) is 6.92 Å². The van der Waals surface area contributed by atoms with E-state index < -0.39 is 12.0 Å². The van der Waals surface area contributed by atoms with Crippen LogP contribution < -0.4 is 10.6 Å². The lowest BCUT2D eigenvalue weighted by atomic mass is 10.1. The molecule has 132 valence electrons. The third kappa shape index (κ3) is 5.57. The normalized spacial score (nSPS) is 11.3. The molecule has 24 heavy (non-hydrogen) atoms.